The highest BCUT2D eigenvalue weighted by molar-refractivity contribution is 6.33. The second-order valence-electron chi connectivity index (χ2n) is 4.26. The van der Waals surface area contributed by atoms with Crippen molar-refractivity contribution in [2.45, 2.75) is 18.9 Å². The van der Waals surface area contributed by atoms with Gasteiger partial charge in [0.2, 0.25) is 0 Å². The Balaban J connectivity index is 2.12. The van der Waals surface area contributed by atoms with Crippen molar-refractivity contribution >= 4 is 23.4 Å². The number of pyridine rings is 1. The molecule has 5 nitrogen and oxygen atoms in total. The van der Waals surface area contributed by atoms with Crippen molar-refractivity contribution < 1.29 is 14.6 Å². The van der Waals surface area contributed by atoms with Crippen LogP contribution in [0.4, 0.5) is 5.82 Å². The van der Waals surface area contributed by atoms with Crippen LogP contribution in [-0.4, -0.2) is 42.4 Å². The summed E-state index contributed by atoms with van der Waals surface area (Å²) < 4.78 is 5.30. The topological polar surface area (TPSA) is 62.7 Å². The van der Waals surface area contributed by atoms with Crippen LogP contribution in [0.3, 0.4) is 0 Å². The highest BCUT2D eigenvalue weighted by Gasteiger charge is 2.21. The third-order valence-corrected chi connectivity index (χ3v) is 3.42. The van der Waals surface area contributed by atoms with Gasteiger partial charge in [-0.3, -0.25) is 0 Å². The Morgan fingerprint density at radius 1 is 1.56 bits per heavy atom. The minimum Gasteiger partial charge on any atom is -0.478 e. The average molecular weight is 271 g/mol. The van der Waals surface area contributed by atoms with Gasteiger partial charge in [-0.1, -0.05) is 11.6 Å². The fraction of sp³-hybridized carbons (Fsp3) is 0.500. The number of aromatic nitrogens is 1. The molecular weight excluding hydrogens is 256 g/mol. The van der Waals surface area contributed by atoms with Gasteiger partial charge in [0, 0.05) is 26.4 Å². The predicted molar refractivity (Wildman–Crippen MR) is 68.5 cm³/mol. The lowest BCUT2D eigenvalue weighted by Gasteiger charge is -2.32. The molecule has 0 saturated carbocycles. The molecule has 98 valence electrons. The van der Waals surface area contributed by atoms with E-state index < -0.39 is 5.97 Å². The van der Waals surface area contributed by atoms with Crippen LogP contribution in [-0.2, 0) is 4.74 Å². The van der Waals surface area contributed by atoms with Crippen molar-refractivity contribution in [2.24, 2.45) is 0 Å². The number of carboxylic acid groups (broad SMARTS) is 1. The Hall–Kier alpha value is -1.33. The van der Waals surface area contributed by atoms with E-state index in [2.05, 4.69) is 9.88 Å². The molecule has 1 N–H and O–H groups in total. The lowest BCUT2D eigenvalue weighted by atomic mass is 10.1. The van der Waals surface area contributed by atoms with E-state index in [9.17, 15) is 4.79 Å². The van der Waals surface area contributed by atoms with Crippen molar-refractivity contribution in [1.29, 1.82) is 0 Å². The molecule has 0 aromatic carbocycles. The molecule has 0 atom stereocenters. The summed E-state index contributed by atoms with van der Waals surface area (Å²) in [5, 5.41) is 9.23. The molecule has 2 heterocycles. The highest BCUT2D eigenvalue weighted by atomic mass is 35.5. The van der Waals surface area contributed by atoms with Crippen LogP contribution in [0, 0.1) is 0 Å². The van der Waals surface area contributed by atoms with Gasteiger partial charge in [-0.25, -0.2) is 9.78 Å². The van der Waals surface area contributed by atoms with Crippen LogP contribution >= 0.6 is 11.6 Å². The number of anilines is 1. The summed E-state index contributed by atoms with van der Waals surface area (Å²) in [6.07, 6.45) is 3.48. The fourth-order valence-corrected chi connectivity index (χ4v) is 2.37. The van der Waals surface area contributed by atoms with Crippen LogP contribution in [0.2, 0.25) is 5.02 Å². The first-order valence-electron chi connectivity index (χ1n) is 5.78. The summed E-state index contributed by atoms with van der Waals surface area (Å²) in [4.78, 5) is 17.0. The van der Waals surface area contributed by atoms with Gasteiger partial charge in [0.05, 0.1) is 16.7 Å². The Kier molecular flexibility index (Phi) is 4.04. The number of ether oxygens (including phenoxy) is 1. The average Bonchev–Trinajstić information content (AvgIpc) is 2.38. The number of piperidine rings is 1. The molecule has 2 rings (SSSR count). The summed E-state index contributed by atoms with van der Waals surface area (Å²) in [5.74, 6) is -0.370. The largest absolute Gasteiger partial charge is 0.478 e. The fourth-order valence-electron chi connectivity index (χ4n) is 2.08. The minimum absolute atomic E-state index is 0.107. The van der Waals surface area contributed by atoms with E-state index in [4.69, 9.17) is 21.4 Å². The highest BCUT2D eigenvalue weighted by Crippen LogP contribution is 2.27. The van der Waals surface area contributed by atoms with Crippen molar-refractivity contribution in [3.63, 3.8) is 0 Å². The zero-order valence-corrected chi connectivity index (χ0v) is 10.9. The molecule has 1 aromatic heterocycles. The number of carbonyl (C=O) groups is 1. The van der Waals surface area contributed by atoms with E-state index in [1.807, 2.05) is 0 Å². The summed E-state index contributed by atoms with van der Waals surface area (Å²) in [6.45, 7) is 1.63. The Labute approximate surface area is 110 Å². The number of hydrogen-bond acceptors (Lipinski definition) is 4. The zero-order chi connectivity index (χ0) is 13.1. The quantitative estimate of drug-likeness (QED) is 0.911. The van der Waals surface area contributed by atoms with E-state index in [0.29, 0.717) is 16.9 Å². The van der Waals surface area contributed by atoms with Crippen LogP contribution in [0.25, 0.3) is 0 Å². The minimum atomic E-state index is -1.02. The van der Waals surface area contributed by atoms with E-state index in [1.165, 1.54) is 12.3 Å². The van der Waals surface area contributed by atoms with Gasteiger partial charge in [-0.05, 0) is 18.9 Å². The molecule has 0 bridgehead atoms. The summed E-state index contributed by atoms with van der Waals surface area (Å²) in [6, 6.07) is 1.44. The molecule has 0 aliphatic carbocycles. The zero-order valence-electron chi connectivity index (χ0n) is 10.1. The maximum absolute atomic E-state index is 10.8. The third-order valence-electron chi connectivity index (χ3n) is 3.14. The Morgan fingerprint density at radius 3 is 2.72 bits per heavy atom. The molecule has 1 saturated heterocycles. The molecule has 0 unspecified atom stereocenters. The number of nitrogens with zero attached hydrogens (tertiary/aromatic N) is 2. The SMILES string of the molecule is COC1CCN(c2ncc(C(=O)O)cc2Cl)CC1. The first-order valence-corrected chi connectivity index (χ1v) is 6.16. The van der Waals surface area contributed by atoms with Crippen molar-refractivity contribution in [3.05, 3.63) is 22.8 Å². The number of rotatable bonds is 3. The van der Waals surface area contributed by atoms with Crippen LogP contribution < -0.4 is 4.90 Å². The maximum atomic E-state index is 10.8. The maximum Gasteiger partial charge on any atom is 0.337 e. The van der Waals surface area contributed by atoms with Gasteiger partial charge >= 0.3 is 5.97 Å². The monoisotopic (exact) mass is 270 g/mol. The normalized spacial score (nSPS) is 16.9. The number of hydrogen-bond donors (Lipinski definition) is 1. The van der Waals surface area contributed by atoms with E-state index >= 15 is 0 Å². The molecule has 1 aromatic rings. The van der Waals surface area contributed by atoms with Gasteiger partial charge in [-0.2, -0.15) is 0 Å². The lowest BCUT2D eigenvalue weighted by molar-refractivity contribution is 0.0696. The number of carboxylic acids is 1. The predicted octanol–water partition coefficient (Wildman–Crippen LogP) is 2.05. The Morgan fingerprint density at radius 2 is 2.22 bits per heavy atom. The first kappa shape index (κ1) is 13.1. The molecule has 1 aliphatic heterocycles. The van der Waals surface area contributed by atoms with E-state index in [-0.39, 0.29) is 5.56 Å². The lowest BCUT2D eigenvalue weighted by Crippen LogP contribution is -2.37. The summed E-state index contributed by atoms with van der Waals surface area (Å²) in [7, 11) is 1.72. The Bertz CT molecular complexity index is 445. The molecule has 6 heteroatoms. The van der Waals surface area contributed by atoms with Gasteiger partial charge in [0.1, 0.15) is 5.82 Å². The molecule has 18 heavy (non-hydrogen) atoms. The van der Waals surface area contributed by atoms with Gasteiger partial charge < -0.3 is 14.7 Å². The van der Waals surface area contributed by atoms with Crippen LogP contribution in [0.15, 0.2) is 12.3 Å². The van der Waals surface area contributed by atoms with Gasteiger partial charge in [0.15, 0.2) is 0 Å². The molecular formula is C12H15ClN2O3. The second-order valence-corrected chi connectivity index (χ2v) is 4.66. The molecule has 1 fully saturated rings. The molecule has 0 spiro atoms. The first-order chi connectivity index (χ1) is 8.61. The number of halogens is 1. The second kappa shape index (κ2) is 5.54. The third kappa shape index (κ3) is 2.73. The van der Waals surface area contributed by atoms with Gasteiger partial charge in [0.25, 0.3) is 0 Å². The van der Waals surface area contributed by atoms with E-state index in [1.54, 1.807) is 7.11 Å². The number of aromatic carboxylic acids is 1. The number of methoxy groups -OCH3 is 1. The molecule has 0 radical (unpaired) electrons. The van der Waals surface area contributed by atoms with Crippen LogP contribution in [0.5, 0.6) is 0 Å². The van der Waals surface area contributed by atoms with E-state index in [0.717, 1.165) is 25.9 Å². The van der Waals surface area contributed by atoms with Crippen molar-refractivity contribution in [3.8, 4) is 0 Å². The smallest absolute Gasteiger partial charge is 0.337 e. The van der Waals surface area contributed by atoms with Crippen LogP contribution in [0.1, 0.15) is 23.2 Å². The van der Waals surface area contributed by atoms with Crippen molar-refractivity contribution in [2.75, 3.05) is 25.1 Å². The summed E-state index contributed by atoms with van der Waals surface area (Å²) >= 11 is 6.08. The molecule has 0 amide bonds. The molecule has 1 aliphatic rings. The summed E-state index contributed by atoms with van der Waals surface area (Å²) in [5.41, 5.74) is 0.107. The van der Waals surface area contributed by atoms with Gasteiger partial charge in [-0.15, -0.1) is 0 Å². The standard InChI is InChI=1S/C12H15ClN2O3/c1-18-9-2-4-15(5-3-9)11-10(13)6-8(7-14-11)12(16)17/h6-7,9H,2-5H2,1H3,(H,16,17). The van der Waals surface area contributed by atoms with Crippen molar-refractivity contribution in [1.82, 2.24) is 4.98 Å².